The molecule has 4 rings (SSSR count). The predicted octanol–water partition coefficient (Wildman–Crippen LogP) is 2.77. The second-order valence-electron chi connectivity index (χ2n) is 8.21. The number of fused-ring (bicyclic) bond motifs is 1. The summed E-state index contributed by atoms with van der Waals surface area (Å²) in [5, 5.41) is 13.6. The quantitative estimate of drug-likeness (QED) is 0.652. The smallest absolute Gasteiger partial charge is 0.341 e. The second-order valence-corrected chi connectivity index (χ2v) is 8.21. The fourth-order valence-corrected chi connectivity index (χ4v) is 3.98. The van der Waals surface area contributed by atoms with Crippen molar-refractivity contribution in [1.29, 1.82) is 0 Å². The van der Waals surface area contributed by atoms with Crippen LogP contribution in [0.4, 0.5) is 10.1 Å². The molecule has 1 unspecified atom stereocenters. The minimum absolute atomic E-state index is 0. The van der Waals surface area contributed by atoms with Gasteiger partial charge in [0.2, 0.25) is 5.43 Å². The Balaban J connectivity index is 0.00000272. The molecule has 2 aromatic rings. The molecular formula is C21H26ClFN4O4. The summed E-state index contributed by atoms with van der Waals surface area (Å²) in [6.07, 6.45) is 3.16. The molecule has 31 heavy (non-hydrogen) atoms. The van der Waals surface area contributed by atoms with Gasteiger partial charge in [-0.15, -0.1) is 12.4 Å². The number of carboxylic acids is 1. The van der Waals surface area contributed by atoms with Crippen molar-refractivity contribution in [3.8, 4) is 0 Å². The third kappa shape index (κ3) is 3.99. The molecule has 0 spiro atoms. The van der Waals surface area contributed by atoms with Gasteiger partial charge in [0.15, 0.2) is 0 Å². The van der Waals surface area contributed by atoms with Crippen molar-refractivity contribution in [1.82, 2.24) is 4.57 Å². The van der Waals surface area contributed by atoms with Crippen LogP contribution in [0, 0.1) is 11.2 Å². The predicted molar refractivity (Wildman–Crippen MR) is 119 cm³/mol. The minimum Gasteiger partial charge on any atom is -0.477 e. The number of carboxylic acid groups (broad SMARTS) is 1. The Kier molecular flexibility index (Phi) is 6.29. The maximum atomic E-state index is 15.1. The first-order valence-corrected chi connectivity index (χ1v) is 10.0. The number of nitrogens with zero attached hydrogens (tertiary/aromatic N) is 3. The lowest BCUT2D eigenvalue weighted by atomic mass is 9.88. The zero-order valence-electron chi connectivity index (χ0n) is 17.4. The number of oxime groups is 1. The molecule has 1 saturated heterocycles. The van der Waals surface area contributed by atoms with Crippen molar-refractivity contribution in [2.24, 2.45) is 16.3 Å². The molecule has 1 aromatic carbocycles. The summed E-state index contributed by atoms with van der Waals surface area (Å²) in [6, 6.07) is 2.90. The topological polar surface area (TPSA) is 110 Å². The number of hydrogen-bond donors (Lipinski definition) is 2. The van der Waals surface area contributed by atoms with Gasteiger partial charge < -0.3 is 25.1 Å². The van der Waals surface area contributed by atoms with Gasteiger partial charge in [-0.05, 0) is 31.9 Å². The van der Waals surface area contributed by atoms with Crippen molar-refractivity contribution >= 4 is 40.7 Å². The molecule has 2 fully saturated rings. The summed E-state index contributed by atoms with van der Waals surface area (Å²) in [6.45, 7) is 5.37. The third-order valence-electron chi connectivity index (χ3n) is 5.94. The van der Waals surface area contributed by atoms with E-state index in [-0.39, 0.29) is 29.4 Å². The number of aromatic nitrogens is 1. The van der Waals surface area contributed by atoms with Crippen LogP contribution in [0.1, 0.15) is 43.1 Å². The summed E-state index contributed by atoms with van der Waals surface area (Å²) >= 11 is 0. The van der Waals surface area contributed by atoms with Gasteiger partial charge in [0, 0.05) is 36.1 Å². The SMILES string of the molecule is CCON=C1CN(c2cc3c(cc2F)c(=O)c(C(=O)O)cn3C2CC2)CC1(C)CN.Cl. The minimum atomic E-state index is -1.31. The van der Waals surface area contributed by atoms with Gasteiger partial charge in [-0.3, -0.25) is 4.79 Å². The molecule has 2 heterocycles. The van der Waals surface area contributed by atoms with E-state index in [2.05, 4.69) is 5.16 Å². The normalized spacial score (nSPS) is 22.1. The number of hydrogen-bond acceptors (Lipinski definition) is 6. The van der Waals surface area contributed by atoms with E-state index in [1.165, 1.54) is 6.20 Å². The van der Waals surface area contributed by atoms with E-state index in [0.717, 1.165) is 24.6 Å². The van der Waals surface area contributed by atoms with E-state index in [0.29, 0.717) is 37.4 Å². The van der Waals surface area contributed by atoms with E-state index < -0.39 is 22.6 Å². The first kappa shape index (κ1) is 23.0. The molecule has 3 N–H and O–H groups in total. The number of carbonyl (C=O) groups is 1. The summed E-state index contributed by atoms with van der Waals surface area (Å²) in [7, 11) is 0. The first-order chi connectivity index (χ1) is 14.3. The van der Waals surface area contributed by atoms with Crippen LogP contribution >= 0.6 is 12.4 Å². The molecule has 168 valence electrons. The van der Waals surface area contributed by atoms with Gasteiger partial charge >= 0.3 is 5.97 Å². The number of rotatable bonds is 6. The maximum Gasteiger partial charge on any atom is 0.341 e. The lowest BCUT2D eigenvalue weighted by molar-refractivity contribution is 0.0695. The Morgan fingerprint density at radius 1 is 1.42 bits per heavy atom. The lowest BCUT2D eigenvalue weighted by Crippen LogP contribution is -2.36. The van der Waals surface area contributed by atoms with Crippen LogP contribution in [0.25, 0.3) is 10.9 Å². The summed E-state index contributed by atoms with van der Waals surface area (Å²) in [4.78, 5) is 31.2. The van der Waals surface area contributed by atoms with Crippen LogP contribution in [0.2, 0.25) is 0 Å². The average molecular weight is 453 g/mol. The van der Waals surface area contributed by atoms with E-state index in [4.69, 9.17) is 10.6 Å². The van der Waals surface area contributed by atoms with E-state index >= 15 is 4.39 Å². The summed E-state index contributed by atoms with van der Waals surface area (Å²) in [5.74, 6) is -1.89. The fraction of sp³-hybridized carbons (Fsp3) is 0.476. The van der Waals surface area contributed by atoms with Crippen LogP contribution in [-0.2, 0) is 4.84 Å². The van der Waals surface area contributed by atoms with Crippen molar-refractivity contribution in [3.05, 3.63) is 39.9 Å². The largest absolute Gasteiger partial charge is 0.477 e. The Bertz CT molecular complexity index is 1110. The third-order valence-corrected chi connectivity index (χ3v) is 5.94. The molecule has 8 nitrogen and oxygen atoms in total. The number of pyridine rings is 1. The number of nitrogens with two attached hydrogens (primary N) is 1. The molecular weight excluding hydrogens is 427 g/mol. The van der Waals surface area contributed by atoms with Gasteiger partial charge in [-0.25, -0.2) is 9.18 Å². The zero-order chi connectivity index (χ0) is 21.6. The van der Waals surface area contributed by atoms with Crippen LogP contribution in [-0.4, -0.2) is 47.6 Å². The fourth-order valence-electron chi connectivity index (χ4n) is 3.98. The Hall–Kier alpha value is -2.65. The van der Waals surface area contributed by atoms with Crippen molar-refractivity contribution < 1.29 is 19.1 Å². The molecule has 1 saturated carbocycles. The van der Waals surface area contributed by atoms with E-state index in [1.807, 2.05) is 18.7 Å². The Labute approximate surface area is 184 Å². The molecule has 1 aliphatic carbocycles. The number of anilines is 1. The van der Waals surface area contributed by atoms with Crippen LogP contribution < -0.4 is 16.1 Å². The highest BCUT2D eigenvalue weighted by molar-refractivity contribution is 5.98. The summed E-state index contributed by atoms with van der Waals surface area (Å²) in [5.41, 5.74) is 6.11. The maximum absolute atomic E-state index is 15.1. The molecule has 10 heteroatoms. The lowest BCUT2D eigenvalue weighted by Gasteiger charge is -2.24. The highest BCUT2D eigenvalue weighted by Gasteiger charge is 2.41. The monoisotopic (exact) mass is 452 g/mol. The molecule has 0 bridgehead atoms. The second kappa shape index (κ2) is 8.47. The van der Waals surface area contributed by atoms with Crippen LogP contribution in [0.15, 0.2) is 28.3 Å². The van der Waals surface area contributed by atoms with Gasteiger partial charge in [-0.2, -0.15) is 0 Å². The highest BCUT2D eigenvalue weighted by Crippen LogP contribution is 2.39. The Morgan fingerprint density at radius 2 is 2.13 bits per heavy atom. The number of halogens is 2. The van der Waals surface area contributed by atoms with Gasteiger partial charge in [0.05, 0.1) is 23.5 Å². The van der Waals surface area contributed by atoms with Crippen LogP contribution in [0.5, 0.6) is 0 Å². The van der Waals surface area contributed by atoms with E-state index in [9.17, 15) is 14.7 Å². The van der Waals surface area contributed by atoms with E-state index in [1.54, 1.807) is 10.6 Å². The number of aromatic carboxylic acids is 1. The molecule has 2 aliphatic rings. The number of benzene rings is 1. The standard InChI is InChI=1S/C21H25FN4O4.ClH/c1-3-30-24-18-9-25(11-21(18,2)10-23)17-7-16-13(6-15(17)22)19(27)14(20(28)29)8-26(16)12-4-5-12;/h6-8,12H,3-5,9-11,23H2,1-2H3,(H,28,29);1H. The molecule has 0 radical (unpaired) electrons. The van der Waals surface area contributed by atoms with Gasteiger partial charge in [-0.1, -0.05) is 12.1 Å². The highest BCUT2D eigenvalue weighted by atomic mass is 35.5. The zero-order valence-corrected chi connectivity index (χ0v) is 18.2. The first-order valence-electron chi connectivity index (χ1n) is 10.0. The van der Waals surface area contributed by atoms with Gasteiger partial charge in [0.25, 0.3) is 0 Å². The summed E-state index contributed by atoms with van der Waals surface area (Å²) < 4.78 is 16.9. The van der Waals surface area contributed by atoms with Crippen molar-refractivity contribution in [3.63, 3.8) is 0 Å². The van der Waals surface area contributed by atoms with Gasteiger partial charge in [0.1, 0.15) is 18.0 Å². The molecule has 1 atom stereocenters. The molecule has 1 aliphatic heterocycles. The molecule has 0 amide bonds. The molecule has 1 aromatic heterocycles. The van der Waals surface area contributed by atoms with Crippen molar-refractivity contribution in [2.45, 2.75) is 32.7 Å². The van der Waals surface area contributed by atoms with Crippen molar-refractivity contribution in [2.75, 3.05) is 31.1 Å². The van der Waals surface area contributed by atoms with Crippen LogP contribution in [0.3, 0.4) is 0 Å². The average Bonchev–Trinajstić information content (AvgIpc) is 3.50. The Morgan fingerprint density at radius 3 is 2.71 bits per heavy atom.